The van der Waals surface area contributed by atoms with Crippen molar-refractivity contribution in [1.82, 2.24) is 9.78 Å². The zero-order valence-corrected chi connectivity index (χ0v) is 12.4. The predicted molar refractivity (Wildman–Crippen MR) is 79.3 cm³/mol. The summed E-state index contributed by atoms with van der Waals surface area (Å²) in [6.45, 7) is 4.39. The van der Waals surface area contributed by atoms with Crippen LogP contribution in [0.15, 0.2) is 33.8 Å². The van der Waals surface area contributed by atoms with Gasteiger partial charge in [0.2, 0.25) is 0 Å². The van der Waals surface area contributed by atoms with Gasteiger partial charge in [0.15, 0.2) is 0 Å². The van der Waals surface area contributed by atoms with Gasteiger partial charge in [-0.2, -0.15) is 5.10 Å². The highest BCUT2D eigenvalue weighted by Crippen LogP contribution is 2.17. The third kappa shape index (κ3) is 3.42. The summed E-state index contributed by atoms with van der Waals surface area (Å²) >= 11 is 6.07. The molecule has 0 aliphatic heterocycles. The van der Waals surface area contributed by atoms with Crippen LogP contribution in [0.4, 0.5) is 5.69 Å². The van der Waals surface area contributed by atoms with E-state index in [1.54, 1.807) is 12.5 Å². The van der Waals surface area contributed by atoms with Gasteiger partial charge in [0.25, 0.3) is 5.56 Å². The zero-order chi connectivity index (χ0) is 14.5. The molecule has 0 aromatic carbocycles. The number of anilines is 1. The molecule has 6 heteroatoms. The largest absolute Gasteiger partial charge is 0.469 e. The van der Waals surface area contributed by atoms with Gasteiger partial charge in [0.05, 0.1) is 18.1 Å². The third-order valence-electron chi connectivity index (χ3n) is 3.09. The normalized spacial score (nSPS) is 12.3. The molecule has 2 aromatic heterocycles. The minimum absolute atomic E-state index is 0.163. The number of nitrogens with zero attached hydrogens (tertiary/aromatic N) is 2. The highest BCUT2D eigenvalue weighted by molar-refractivity contribution is 6.32. The van der Waals surface area contributed by atoms with Gasteiger partial charge in [-0.1, -0.05) is 11.6 Å². The summed E-state index contributed by atoms with van der Waals surface area (Å²) in [6.07, 6.45) is 4.97. The molecule has 2 aromatic rings. The van der Waals surface area contributed by atoms with Crippen LogP contribution in [0.5, 0.6) is 0 Å². The maximum atomic E-state index is 11.9. The molecule has 0 radical (unpaired) electrons. The van der Waals surface area contributed by atoms with Crippen LogP contribution in [0.1, 0.15) is 26.0 Å². The molecule has 0 saturated carbocycles. The van der Waals surface area contributed by atoms with Gasteiger partial charge in [0, 0.05) is 19.0 Å². The van der Waals surface area contributed by atoms with E-state index in [9.17, 15) is 4.79 Å². The predicted octanol–water partition coefficient (Wildman–Crippen LogP) is 2.94. The second-order valence-electron chi connectivity index (χ2n) is 4.66. The van der Waals surface area contributed by atoms with E-state index in [1.807, 2.05) is 26.0 Å². The lowest BCUT2D eigenvalue weighted by atomic mass is 10.1. The summed E-state index contributed by atoms with van der Waals surface area (Å²) in [6, 6.07) is 3.98. The van der Waals surface area contributed by atoms with Crippen molar-refractivity contribution in [3.63, 3.8) is 0 Å². The molecule has 0 aliphatic carbocycles. The fourth-order valence-electron chi connectivity index (χ4n) is 1.94. The van der Waals surface area contributed by atoms with Gasteiger partial charge in [-0.25, -0.2) is 4.68 Å². The van der Waals surface area contributed by atoms with Crippen molar-refractivity contribution in [3.05, 3.63) is 45.7 Å². The molecule has 5 nitrogen and oxygen atoms in total. The lowest BCUT2D eigenvalue weighted by Gasteiger charge is -2.15. The van der Waals surface area contributed by atoms with Crippen molar-refractivity contribution < 1.29 is 4.42 Å². The van der Waals surface area contributed by atoms with Crippen LogP contribution < -0.4 is 10.9 Å². The average molecular weight is 296 g/mol. The van der Waals surface area contributed by atoms with Crippen molar-refractivity contribution in [2.24, 2.45) is 0 Å². The quantitative estimate of drug-likeness (QED) is 0.890. The number of nitrogens with one attached hydrogen (secondary N) is 1. The van der Waals surface area contributed by atoms with Crippen LogP contribution >= 0.6 is 11.6 Å². The Labute approximate surface area is 122 Å². The van der Waals surface area contributed by atoms with Crippen molar-refractivity contribution in [2.45, 2.75) is 39.3 Å². The number of halogens is 1. The summed E-state index contributed by atoms with van der Waals surface area (Å²) in [4.78, 5) is 11.9. The number of hydrogen-bond acceptors (Lipinski definition) is 4. The number of aromatic nitrogens is 2. The Hall–Kier alpha value is -1.75. The van der Waals surface area contributed by atoms with Crippen molar-refractivity contribution in [3.8, 4) is 0 Å². The molecular formula is C14H18ClN3O2. The highest BCUT2D eigenvalue weighted by atomic mass is 35.5. The number of rotatable bonds is 6. The fourth-order valence-corrected chi connectivity index (χ4v) is 2.14. The van der Waals surface area contributed by atoms with Gasteiger partial charge in [-0.15, -0.1) is 0 Å². The maximum Gasteiger partial charge on any atom is 0.287 e. The molecule has 20 heavy (non-hydrogen) atoms. The molecule has 2 heterocycles. The third-order valence-corrected chi connectivity index (χ3v) is 3.46. The van der Waals surface area contributed by atoms with Crippen LogP contribution in [0.2, 0.25) is 5.02 Å². The average Bonchev–Trinajstić information content (AvgIpc) is 2.95. The monoisotopic (exact) mass is 295 g/mol. The second kappa shape index (κ2) is 6.61. The molecule has 2 rings (SSSR count). The zero-order valence-electron chi connectivity index (χ0n) is 11.6. The summed E-state index contributed by atoms with van der Waals surface area (Å²) in [7, 11) is 0. The fraction of sp³-hybridized carbons (Fsp3) is 0.429. The molecule has 0 saturated heterocycles. The van der Waals surface area contributed by atoms with Gasteiger partial charge in [0.1, 0.15) is 10.8 Å². The number of furan rings is 1. The van der Waals surface area contributed by atoms with E-state index in [4.69, 9.17) is 16.0 Å². The Morgan fingerprint density at radius 1 is 1.55 bits per heavy atom. The van der Waals surface area contributed by atoms with E-state index >= 15 is 0 Å². The molecule has 1 N–H and O–H groups in total. The summed E-state index contributed by atoms with van der Waals surface area (Å²) in [5.74, 6) is 0.948. The smallest absolute Gasteiger partial charge is 0.287 e. The van der Waals surface area contributed by atoms with E-state index in [1.165, 1.54) is 4.68 Å². The molecule has 0 aliphatic rings. The van der Waals surface area contributed by atoms with Crippen LogP contribution in [-0.4, -0.2) is 15.8 Å². The van der Waals surface area contributed by atoms with Crippen LogP contribution in [0, 0.1) is 0 Å². The first-order chi connectivity index (χ1) is 9.61. The maximum absolute atomic E-state index is 11.9. The van der Waals surface area contributed by atoms with Crippen molar-refractivity contribution in [2.75, 3.05) is 5.32 Å². The minimum Gasteiger partial charge on any atom is -0.469 e. The van der Waals surface area contributed by atoms with E-state index in [0.717, 1.165) is 18.6 Å². The Morgan fingerprint density at radius 2 is 2.35 bits per heavy atom. The van der Waals surface area contributed by atoms with Gasteiger partial charge in [-0.3, -0.25) is 4.79 Å². The van der Waals surface area contributed by atoms with Gasteiger partial charge < -0.3 is 9.73 Å². The van der Waals surface area contributed by atoms with E-state index in [-0.39, 0.29) is 16.6 Å². The summed E-state index contributed by atoms with van der Waals surface area (Å²) in [5, 5.41) is 7.46. The topological polar surface area (TPSA) is 60.1 Å². The minimum atomic E-state index is -0.266. The molecule has 0 amide bonds. The van der Waals surface area contributed by atoms with E-state index in [2.05, 4.69) is 10.4 Å². The summed E-state index contributed by atoms with van der Waals surface area (Å²) < 4.78 is 6.62. The van der Waals surface area contributed by atoms with Gasteiger partial charge >= 0.3 is 0 Å². The Morgan fingerprint density at radius 3 is 3.00 bits per heavy atom. The lowest BCUT2D eigenvalue weighted by Crippen LogP contribution is -2.25. The Bertz CT molecular complexity index is 607. The molecule has 0 bridgehead atoms. The first-order valence-corrected chi connectivity index (χ1v) is 7.04. The molecule has 108 valence electrons. The summed E-state index contributed by atoms with van der Waals surface area (Å²) in [5.41, 5.74) is 0.311. The Kier molecular flexibility index (Phi) is 4.84. The van der Waals surface area contributed by atoms with E-state index < -0.39 is 0 Å². The SMILES string of the molecule is CCn1ncc(NC(C)CCc2ccco2)c(Cl)c1=O. The van der Waals surface area contributed by atoms with Gasteiger partial charge in [-0.05, 0) is 32.4 Å². The first-order valence-electron chi connectivity index (χ1n) is 6.66. The standard InChI is InChI=1S/C14H18ClN3O2/c1-3-18-14(19)13(15)12(9-16-18)17-10(2)6-7-11-5-4-8-20-11/h4-5,8-10,17H,3,6-7H2,1-2H3. The molecule has 0 fully saturated rings. The first kappa shape index (κ1) is 14.7. The van der Waals surface area contributed by atoms with E-state index in [0.29, 0.717) is 12.2 Å². The van der Waals surface area contributed by atoms with Crippen molar-refractivity contribution in [1.29, 1.82) is 0 Å². The molecule has 1 unspecified atom stereocenters. The molecule has 1 atom stereocenters. The molecule has 0 spiro atoms. The number of aryl methyl sites for hydroxylation is 2. The van der Waals surface area contributed by atoms with Crippen LogP contribution in [-0.2, 0) is 13.0 Å². The van der Waals surface area contributed by atoms with Crippen molar-refractivity contribution >= 4 is 17.3 Å². The molecular weight excluding hydrogens is 278 g/mol. The van der Waals surface area contributed by atoms with Crippen LogP contribution in [0.25, 0.3) is 0 Å². The highest BCUT2D eigenvalue weighted by Gasteiger charge is 2.11. The number of hydrogen-bond donors (Lipinski definition) is 1. The second-order valence-corrected chi connectivity index (χ2v) is 5.03. The van der Waals surface area contributed by atoms with Crippen LogP contribution in [0.3, 0.4) is 0 Å². The Balaban J connectivity index is 1.99. The lowest BCUT2D eigenvalue weighted by molar-refractivity contribution is 0.495.